The van der Waals surface area contributed by atoms with Crippen LogP contribution in [0.25, 0.3) is 10.9 Å². The Bertz CT molecular complexity index is 485. The smallest absolute Gasteiger partial charge is 0.0494 e. The van der Waals surface area contributed by atoms with Gasteiger partial charge in [-0.1, -0.05) is 12.1 Å². The Balaban J connectivity index is 2.87. The molecule has 1 aromatic carbocycles. The number of rotatable bonds is 1. The Labute approximate surface area is 91.8 Å². The van der Waals surface area contributed by atoms with Crippen LogP contribution in [-0.2, 0) is 13.6 Å². The van der Waals surface area contributed by atoms with Crippen molar-refractivity contribution in [2.75, 3.05) is 0 Å². The van der Waals surface area contributed by atoms with E-state index in [-0.39, 0.29) is 0 Å². The number of aromatic nitrogens is 1. The molecular weight excluding hydrogens is 240 g/mol. The summed E-state index contributed by atoms with van der Waals surface area (Å²) in [4.78, 5) is 0. The van der Waals surface area contributed by atoms with E-state index in [1.807, 2.05) is 0 Å². The Morgan fingerprint density at radius 1 is 1.43 bits per heavy atom. The van der Waals surface area contributed by atoms with Crippen LogP contribution in [0.4, 0.5) is 0 Å². The fraction of sp³-hybridized carbons (Fsp3) is 0.273. The Morgan fingerprint density at radius 3 is 2.79 bits per heavy atom. The van der Waals surface area contributed by atoms with Crippen LogP contribution in [0.5, 0.6) is 0 Å². The van der Waals surface area contributed by atoms with Crippen molar-refractivity contribution in [3.05, 3.63) is 33.9 Å². The van der Waals surface area contributed by atoms with E-state index in [1.54, 1.807) is 0 Å². The average Bonchev–Trinajstić information content (AvgIpc) is 2.39. The van der Waals surface area contributed by atoms with E-state index in [2.05, 4.69) is 52.7 Å². The summed E-state index contributed by atoms with van der Waals surface area (Å²) < 4.78 is 3.27. The van der Waals surface area contributed by atoms with Crippen molar-refractivity contribution >= 4 is 26.8 Å². The van der Waals surface area contributed by atoms with E-state index in [9.17, 15) is 0 Å². The number of fused-ring (bicyclic) bond motifs is 1. The van der Waals surface area contributed by atoms with Crippen LogP contribution in [0, 0.1) is 6.92 Å². The second-order valence-electron chi connectivity index (χ2n) is 3.54. The highest BCUT2D eigenvalue weighted by atomic mass is 79.9. The van der Waals surface area contributed by atoms with Crippen molar-refractivity contribution < 1.29 is 0 Å². The molecule has 0 aliphatic heterocycles. The molecule has 74 valence electrons. The summed E-state index contributed by atoms with van der Waals surface area (Å²) in [5.41, 5.74) is 9.35. The fourth-order valence-electron chi connectivity index (χ4n) is 1.78. The van der Waals surface area contributed by atoms with E-state index < -0.39 is 0 Å². The SMILES string of the molecule is Cc1ccc2c(Br)c(CN)n(C)c2c1. The summed E-state index contributed by atoms with van der Waals surface area (Å²) in [6.45, 7) is 2.66. The normalized spacial score (nSPS) is 11.1. The Hall–Kier alpha value is -0.800. The zero-order valence-corrected chi connectivity index (χ0v) is 9.93. The number of hydrogen-bond acceptors (Lipinski definition) is 1. The van der Waals surface area contributed by atoms with Crippen molar-refractivity contribution in [1.82, 2.24) is 4.57 Å². The van der Waals surface area contributed by atoms with Crippen LogP contribution in [0.1, 0.15) is 11.3 Å². The molecule has 0 unspecified atom stereocenters. The van der Waals surface area contributed by atoms with Crippen LogP contribution in [0.2, 0.25) is 0 Å². The molecule has 0 bridgehead atoms. The number of aryl methyl sites for hydroxylation is 2. The van der Waals surface area contributed by atoms with Gasteiger partial charge in [0.2, 0.25) is 0 Å². The number of nitrogens with two attached hydrogens (primary N) is 1. The highest BCUT2D eigenvalue weighted by Gasteiger charge is 2.10. The van der Waals surface area contributed by atoms with Crippen LogP contribution in [-0.4, -0.2) is 4.57 Å². The zero-order chi connectivity index (χ0) is 10.3. The molecule has 2 nitrogen and oxygen atoms in total. The Kier molecular flexibility index (Phi) is 2.37. The Morgan fingerprint density at radius 2 is 2.14 bits per heavy atom. The van der Waals surface area contributed by atoms with Crippen LogP contribution in [0.15, 0.2) is 22.7 Å². The van der Waals surface area contributed by atoms with Gasteiger partial charge >= 0.3 is 0 Å². The fourth-order valence-corrected chi connectivity index (χ4v) is 2.54. The standard InChI is InChI=1S/C11H13BrN2/c1-7-3-4-8-9(5-7)14(2)10(6-13)11(8)12/h3-5H,6,13H2,1-2H3. The monoisotopic (exact) mass is 252 g/mol. The lowest BCUT2D eigenvalue weighted by molar-refractivity contribution is 0.844. The van der Waals surface area contributed by atoms with E-state index in [0.717, 1.165) is 10.2 Å². The van der Waals surface area contributed by atoms with Crippen LogP contribution < -0.4 is 5.73 Å². The van der Waals surface area contributed by atoms with E-state index in [1.165, 1.54) is 16.5 Å². The maximum Gasteiger partial charge on any atom is 0.0494 e. The number of nitrogens with zero attached hydrogens (tertiary/aromatic N) is 1. The predicted molar refractivity (Wildman–Crippen MR) is 63.2 cm³/mol. The lowest BCUT2D eigenvalue weighted by Gasteiger charge is -2.01. The first-order chi connectivity index (χ1) is 6.65. The van der Waals surface area contributed by atoms with Gasteiger partial charge in [-0.2, -0.15) is 0 Å². The highest BCUT2D eigenvalue weighted by Crippen LogP contribution is 2.30. The molecule has 0 atom stereocenters. The third-order valence-corrected chi connectivity index (χ3v) is 3.49. The van der Waals surface area contributed by atoms with Crippen molar-refractivity contribution in [3.63, 3.8) is 0 Å². The number of benzene rings is 1. The second-order valence-corrected chi connectivity index (χ2v) is 4.34. The number of hydrogen-bond donors (Lipinski definition) is 1. The molecule has 2 rings (SSSR count). The van der Waals surface area contributed by atoms with Gasteiger partial charge in [0.05, 0.1) is 0 Å². The summed E-state index contributed by atoms with van der Waals surface area (Å²) in [6.07, 6.45) is 0. The van der Waals surface area contributed by atoms with Gasteiger partial charge < -0.3 is 10.3 Å². The summed E-state index contributed by atoms with van der Waals surface area (Å²) in [7, 11) is 2.05. The first-order valence-electron chi connectivity index (χ1n) is 4.58. The largest absolute Gasteiger partial charge is 0.345 e. The predicted octanol–water partition coefficient (Wildman–Crippen LogP) is 2.71. The molecule has 0 saturated heterocycles. The molecular formula is C11H13BrN2. The molecule has 14 heavy (non-hydrogen) atoms. The number of halogens is 1. The summed E-state index contributed by atoms with van der Waals surface area (Å²) >= 11 is 3.59. The topological polar surface area (TPSA) is 30.9 Å². The second kappa shape index (κ2) is 3.41. The maximum absolute atomic E-state index is 5.70. The van der Waals surface area contributed by atoms with Crippen molar-refractivity contribution in [1.29, 1.82) is 0 Å². The lowest BCUT2D eigenvalue weighted by Crippen LogP contribution is -2.03. The van der Waals surface area contributed by atoms with E-state index in [4.69, 9.17) is 5.73 Å². The molecule has 0 fully saturated rings. The molecule has 1 aromatic heterocycles. The van der Waals surface area contributed by atoms with Gasteiger partial charge in [0.25, 0.3) is 0 Å². The van der Waals surface area contributed by atoms with Gasteiger partial charge in [-0.3, -0.25) is 0 Å². The first kappa shape index (κ1) is 9.74. The van der Waals surface area contributed by atoms with Gasteiger partial charge in [-0.05, 0) is 34.5 Å². The van der Waals surface area contributed by atoms with Gasteiger partial charge in [0, 0.05) is 34.7 Å². The molecule has 1 heterocycles. The molecule has 2 N–H and O–H groups in total. The highest BCUT2D eigenvalue weighted by molar-refractivity contribution is 9.10. The van der Waals surface area contributed by atoms with Crippen molar-refractivity contribution in [2.45, 2.75) is 13.5 Å². The summed E-state index contributed by atoms with van der Waals surface area (Å²) in [5, 5.41) is 1.23. The molecule has 0 saturated carbocycles. The first-order valence-corrected chi connectivity index (χ1v) is 5.38. The lowest BCUT2D eigenvalue weighted by atomic mass is 10.2. The van der Waals surface area contributed by atoms with Crippen molar-refractivity contribution in [2.24, 2.45) is 12.8 Å². The quantitative estimate of drug-likeness (QED) is 0.832. The van der Waals surface area contributed by atoms with E-state index >= 15 is 0 Å². The summed E-state index contributed by atoms with van der Waals surface area (Å²) in [5.74, 6) is 0. The molecule has 0 spiro atoms. The van der Waals surface area contributed by atoms with Gasteiger partial charge in [-0.15, -0.1) is 0 Å². The zero-order valence-electron chi connectivity index (χ0n) is 8.34. The van der Waals surface area contributed by atoms with Crippen LogP contribution in [0.3, 0.4) is 0 Å². The molecule has 0 amide bonds. The molecule has 0 aliphatic carbocycles. The van der Waals surface area contributed by atoms with Crippen LogP contribution >= 0.6 is 15.9 Å². The summed E-state index contributed by atoms with van der Waals surface area (Å²) in [6, 6.07) is 6.43. The van der Waals surface area contributed by atoms with Gasteiger partial charge in [-0.25, -0.2) is 0 Å². The molecule has 0 radical (unpaired) electrons. The van der Waals surface area contributed by atoms with Crippen molar-refractivity contribution in [3.8, 4) is 0 Å². The minimum atomic E-state index is 0.560. The maximum atomic E-state index is 5.70. The van der Waals surface area contributed by atoms with Gasteiger partial charge in [0.15, 0.2) is 0 Å². The third kappa shape index (κ3) is 1.28. The third-order valence-electron chi connectivity index (χ3n) is 2.60. The average molecular weight is 253 g/mol. The molecule has 0 aliphatic rings. The van der Waals surface area contributed by atoms with Gasteiger partial charge in [0.1, 0.15) is 0 Å². The van der Waals surface area contributed by atoms with E-state index in [0.29, 0.717) is 6.54 Å². The minimum absolute atomic E-state index is 0.560. The minimum Gasteiger partial charge on any atom is -0.345 e. The molecule has 2 aromatic rings. The molecule has 3 heteroatoms.